The van der Waals surface area contributed by atoms with E-state index in [4.69, 9.17) is 0 Å². The Morgan fingerprint density at radius 2 is 1.83 bits per heavy atom. The fraction of sp³-hybridized carbons (Fsp3) is 0.818. The largest absolute Gasteiger partial charge is 0.390 e. The van der Waals surface area contributed by atoms with E-state index >= 15 is 0 Å². The van der Waals surface area contributed by atoms with Crippen molar-refractivity contribution in [3.05, 3.63) is 0 Å². The maximum absolute atomic E-state index is 12.2. The Balaban J connectivity index is 2.80. The quantitative estimate of drug-likeness (QED) is 0.837. The number of alkyl halides is 3. The molecule has 1 rings (SSSR count). The molecule has 0 aromatic rings. The van der Waals surface area contributed by atoms with E-state index < -0.39 is 37.1 Å². The number of piperazine rings is 1. The molecule has 0 spiro atoms. The Kier molecular flexibility index (Phi) is 4.59. The van der Waals surface area contributed by atoms with Crippen molar-refractivity contribution in [2.75, 3.05) is 6.54 Å². The van der Waals surface area contributed by atoms with Crippen LogP contribution in [0.15, 0.2) is 0 Å². The van der Waals surface area contributed by atoms with Gasteiger partial charge in [0.25, 0.3) is 0 Å². The second kappa shape index (κ2) is 5.58. The lowest BCUT2D eigenvalue weighted by Crippen LogP contribution is -2.63. The van der Waals surface area contributed by atoms with Crippen LogP contribution in [0.25, 0.3) is 0 Å². The molecule has 1 saturated heterocycles. The standard InChI is InChI=1S/C11H17F3N2O2/c1-3-7-10(18)16(6-5-11(12,13)14)8(4-2)9(17)15-7/h7-8H,3-6H2,1-2H3,(H,15,17). The summed E-state index contributed by atoms with van der Waals surface area (Å²) in [6, 6.07) is -1.49. The van der Waals surface area contributed by atoms with E-state index in [1.54, 1.807) is 13.8 Å². The summed E-state index contributed by atoms with van der Waals surface area (Å²) in [5.41, 5.74) is 0. The minimum atomic E-state index is -4.33. The normalized spacial score (nSPS) is 25.3. The summed E-state index contributed by atoms with van der Waals surface area (Å²) in [4.78, 5) is 24.7. The predicted molar refractivity (Wildman–Crippen MR) is 58.7 cm³/mol. The number of amides is 2. The van der Waals surface area contributed by atoms with Crippen molar-refractivity contribution in [1.29, 1.82) is 0 Å². The first kappa shape index (κ1) is 14.8. The molecule has 4 nitrogen and oxygen atoms in total. The van der Waals surface area contributed by atoms with Gasteiger partial charge in [0, 0.05) is 6.54 Å². The van der Waals surface area contributed by atoms with Crippen LogP contribution >= 0.6 is 0 Å². The van der Waals surface area contributed by atoms with Gasteiger partial charge in [-0.1, -0.05) is 13.8 Å². The Morgan fingerprint density at radius 3 is 2.28 bits per heavy atom. The second-order valence-corrected chi connectivity index (χ2v) is 4.29. The van der Waals surface area contributed by atoms with E-state index in [2.05, 4.69) is 5.32 Å². The number of carbonyl (C=O) groups is 2. The first-order chi connectivity index (χ1) is 8.30. The lowest BCUT2D eigenvalue weighted by molar-refractivity contribution is -0.158. The van der Waals surface area contributed by atoms with Crippen LogP contribution in [0.3, 0.4) is 0 Å². The molecule has 104 valence electrons. The van der Waals surface area contributed by atoms with E-state index in [1.165, 1.54) is 0 Å². The van der Waals surface area contributed by atoms with Crippen LogP contribution in [0.1, 0.15) is 33.1 Å². The number of hydrogen-bond donors (Lipinski definition) is 1. The van der Waals surface area contributed by atoms with Crippen LogP contribution in [0.4, 0.5) is 13.2 Å². The van der Waals surface area contributed by atoms with Gasteiger partial charge in [-0.25, -0.2) is 0 Å². The molecule has 1 aliphatic rings. The van der Waals surface area contributed by atoms with Crippen molar-refractivity contribution in [3.8, 4) is 0 Å². The molecule has 1 fully saturated rings. The van der Waals surface area contributed by atoms with Gasteiger partial charge in [-0.3, -0.25) is 9.59 Å². The van der Waals surface area contributed by atoms with Crippen LogP contribution in [-0.2, 0) is 9.59 Å². The molecule has 2 amide bonds. The molecule has 2 atom stereocenters. The van der Waals surface area contributed by atoms with Gasteiger partial charge in [0.15, 0.2) is 0 Å². The number of hydrogen-bond acceptors (Lipinski definition) is 2. The number of nitrogens with one attached hydrogen (secondary N) is 1. The highest BCUT2D eigenvalue weighted by atomic mass is 19.4. The zero-order valence-electron chi connectivity index (χ0n) is 10.4. The molecule has 0 aromatic carbocycles. The molecule has 0 bridgehead atoms. The molecule has 0 aliphatic carbocycles. The van der Waals surface area contributed by atoms with Crippen LogP contribution < -0.4 is 5.32 Å². The third-order valence-electron chi connectivity index (χ3n) is 3.01. The summed E-state index contributed by atoms with van der Waals surface area (Å²) in [6.07, 6.45) is -4.72. The van der Waals surface area contributed by atoms with Crippen molar-refractivity contribution in [1.82, 2.24) is 10.2 Å². The molecule has 1 heterocycles. The monoisotopic (exact) mass is 266 g/mol. The van der Waals surface area contributed by atoms with Crippen LogP contribution in [0.5, 0.6) is 0 Å². The van der Waals surface area contributed by atoms with Crippen molar-refractivity contribution < 1.29 is 22.8 Å². The average Bonchev–Trinajstić information content (AvgIpc) is 2.28. The van der Waals surface area contributed by atoms with Crippen LogP contribution in [-0.4, -0.2) is 41.5 Å². The molecule has 0 radical (unpaired) electrons. The van der Waals surface area contributed by atoms with Gasteiger partial charge >= 0.3 is 6.18 Å². The van der Waals surface area contributed by atoms with Crippen LogP contribution in [0.2, 0.25) is 0 Å². The summed E-state index contributed by atoms with van der Waals surface area (Å²) in [5.74, 6) is -0.792. The maximum Gasteiger partial charge on any atom is 0.390 e. The van der Waals surface area contributed by atoms with Crippen molar-refractivity contribution >= 4 is 11.8 Å². The molecule has 0 aromatic heterocycles. The number of rotatable bonds is 4. The summed E-state index contributed by atoms with van der Waals surface area (Å²) in [6.45, 7) is 2.92. The topological polar surface area (TPSA) is 49.4 Å². The van der Waals surface area contributed by atoms with E-state index in [1.807, 2.05) is 0 Å². The van der Waals surface area contributed by atoms with Crippen molar-refractivity contribution in [2.24, 2.45) is 0 Å². The Hall–Kier alpha value is -1.27. The zero-order valence-corrected chi connectivity index (χ0v) is 10.4. The lowest BCUT2D eigenvalue weighted by Gasteiger charge is -2.38. The van der Waals surface area contributed by atoms with Gasteiger partial charge in [-0.2, -0.15) is 13.2 Å². The fourth-order valence-corrected chi connectivity index (χ4v) is 2.02. The molecule has 18 heavy (non-hydrogen) atoms. The molecule has 7 heteroatoms. The van der Waals surface area contributed by atoms with Gasteiger partial charge in [-0.05, 0) is 12.8 Å². The van der Waals surface area contributed by atoms with Gasteiger partial charge in [-0.15, -0.1) is 0 Å². The molecular weight excluding hydrogens is 249 g/mol. The summed E-state index contributed by atoms with van der Waals surface area (Å²) >= 11 is 0. The van der Waals surface area contributed by atoms with Gasteiger partial charge in [0.2, 0.25) is 11.8 Å². The van der Waals surface area contributed by atoms with E-state index in [0.29, 0.717) is 12.8 Å². The number of nitrogens with zero attached hydrogens (tertiary/aromatic N) is 1. The highest BCUT2D eigenvalue weighted by Gasteiger charge is 2.40. The van der Waals surface area contributed by atoms with Gasteiger partial charge in [0.05, 0.1) is 6.42 Å². The highest BCUT2D eigenvalue weighted by molar-refractivity contribution is 5.96. The first-order valence-electron chi connectivity index (χ1n) is 5.97. The van der Waals surface area contributed by atoms with Crippen molar-refractivity contribution in [3.63, 3.8) is 0 Å². The molecule has 1 N–H and O–H groups in total. The summed E-state index contributed by atoms with van der Waals surface area (Å²) in [5, 5.41) is 2.53. The smallest absolute Gasteiger partial charge is 0.343 e. The Bertz CT molecular complexity index is 331. The van der Waals surface area contributed by atoms with Gasteiger partial charge in [0.1, 0.15) is 12.1 Å². The minimum absolute atomic E-state index is 0.311. The summed E-state index contributed by atoms with van der Waals surface area (Å²) < 4.78 is 36.6. The summed E-state index contributed by atoms with van der Waals surface area (Å²) in [7, 11) is 0. The molecular formula is C11H17F3N2O2. The first-order valence-corrected chi connectivity index (χ1v) is 5.97. The third-order valence-corrected chi connectivity index (χ3v) is 3.01. The zero-order chi connectivity index (χ0) is 13.9. The molecule has 2 unspecified atom stereocenters. The highest BCUT2D eigenvalue weighted by Crippen LogP contribution is 2.22. The average molecular weight is 266 g/mol. The van der Waals surface area contributed by atoms with Crippen molar-refractivity contribution in [2.45, 2.75) is 51.4 Å². The SMILES string of the molecule is CCC1NC(=O)C(CC)N(CCC(F)(F)F)C1=O. The Morgan fingerprint density at radius 1 is 1.22 bits per heavy atom. The second-order valence-electron chi connectivity index (χ2n) is 4.29. The lowest BCUT2D eigenvalue weighted by atomic mass is 10.0. The fourth-order valence-electron chi connectivity index (χ4n) is 2.02. The van der Waals surface area contributed by atoms with E-state index in [-0.39, 0.29) is 5.91 Å². The number of halogens is 3. The Labute approximate surface area is 104 Å². The van der Waals surface area contributed by atoms with E-state index in [0.717, 1.165) is 4.90 Å². The minimum Gasteiger partial charge on any atom is -0.343 e. The van der Waals surface area contributed by atoms with Gasteiger partial charge < -0.3 is 10.2 Å². The predicted octanol–water partition coefficient (Wildman–Crippen LogP) is 1.45. The maximum atomic E-state index is 12.2. The third kappa shape index (κ3) is 3.36. The molecule has 1 aliphatic heterocycles. The van der Waals surface area contributed by atoms with Crippen LogP contribution in [0, 0.1) is 0 Å². The van der Waals surface area contributed by atoms with E-state index in [9.17, 15) is 22.8 Å². The molecule has 0 saturated carbocycles. The number of carbonyl (C=O) groups excluding carboxylic acids is 2.